The van der Waals surface area contributed by atoms with Crippen LogP contribution in [0.4, 0.5) is 0 Å². The molecule has 0 unspecified atom stereocenters. The molecule has 0 fully saturated rings. The van der Waals surface area contributed by atoms with E-state index in [0.29, 0.717) is 77.2 Å². The lowest BCUT2D eigenvalue weighted by molar-refractivity contribution is 0.0587. The predicted molar refractivity (Wildman–Crippen MR) is 599 cm³/mol. The highest BCUT2D eigenvalue weighted by Crippen LogP contribution is 2.51. The van der Waals surface area contributed by atoms with Gasteiger partial charge < -0.3 is 42.1 Å². The maximum Gasteiger partial charge on any atom is 0.354 e. The van der Waals surface area contributed by atoms with E-state index in [9.17, 15) is 4.79 Å². The Morgan fingerprint density at radius 1 is 0.361 bits per heavy atom. The molecule has 31 heteroatoms. The monoisotopic (exact) mass is 2090 g/mol. The molecule has 3 aliphatic rings. The smallest absolute Gasteiger partial charge is 0.354 e. The van der Waals surface area contributed by atoms with E-state index in [-0.39, 0.29) is 5.97 Å². The van der Waals surface area contributed by atoms with Crippen molar-refractivity contribution in [3.63, 3.8) is 0 Å². The Hall–Kier alpha value is -11.4. The Morgan fingerprint density at radius 2 is 0.660 bits per heavy atom. The minimum Gasteiger partial charge on any atom is -0.495 e. The number of esters is 1. The van der Waals surface area contributed by atoms with Crippen molar-refractivity contribution in [3.8, 4) is 50.6 Å². The Kier molecular flexibility index (Phi) is 31.0. The fourth-order valence-corrected chi connectivity index (χ4v) is 26.8. The fourth-order valence-electron chi connectivity index (χ4n) is 20.6. The van der Waals surface area contributed by atoms with Gasteiger partial charge >= 0.3 is 5.97 Å². The molecule has 144 heavy (non-hydrogen) atoms. The third kappa shape index (κ3) is 20.1. The summed E-state index contributed by atoms with van der Waals surface area (Å²) in [5, 5.41) is 41.7. The molecule has 0 N–H and O–H groups in total. The van der Waals surface area contributed by atoms with E-state index in [1.807, 2.05) is 148 Å². The van der Waals surface area contributed by atoms with Crippen molar-refractivity contribution in [2.75, 3.05) is 41.2 Å². The molecule has 744 valence electrons. The molecule has 9 aromatic carbocycles. The van der Waals surface area contributed by atoms with Gasteiger partial charge in [-0.2, -0.15) is 30.6 Å². The van der Waals surface area contributed by atoms with Crippen molar-refractivity contribution in [1.29, 1.82) is 0 Å². The number of carbonyl (C=O) groups is 1. The minimum absolute atomic E-state index is 0.357. The topological polar surface area (TPSA) is 194 Å². The number of thioether (sulfide) groups is 6. The number of fused-ring (bicyclic) bond motifs is 24. The van der Waals surface area contributed by atoms with Crippen LogP contribution in [0.1, 0.15) is 147 Å². The number of aryl methyl sites for hydroxylation is 12. The minimum atomic E-state index is -0.357. The number of rotatable bonds is 8. The quantitative estimate of drug-likeness (QED) is 0.103. The number of ether oxygens (including phenoxy) is 6. The van der Waals surface area contributed by atoms with Gasteiger partial charge in [-0.1, -0.05) is 142 Å². The van der Waals surface area contributed by atoms with Crippen LogP contribution >= 0.6 is 105 Å². The zero-order valence-corrected chi connectivity index (χ0v) is 91.2. The lowest BCUT2D eigenvalue weighted by Crippen LogP contribution is -2.14. The Bertz CT molecular complexity index is 7270. The molecule has 0 saturated carbocycles. The molecule has 21 rings (SSSR count). The summed E-state index contributed by atoms with van der Waals surface area (Å²) in [6, 6.07) is 57.4. The number of methoxy groups -OCH3 is 3. The first kappa shape index (κ1) is 101. The molecule has 0 spiro atoms. The average molecular weight is 2100 g/mol. The largest absolute Gasteiger partial charge is 0.495 e. The number of nitrogens with zero attached hydrogens (tertiary/aromatic N) is 15. The normalized spacial score (nSPS) is 14.1. The molecule has 0 saturated heterocycles. The number of halogens is 3. The first-order valence-corrected chi connectivity index (χ1v) is 56.2. The summed E-state index contributed by atoms with van der Waals surface area (Å²) in [6.07, 6.45) is 4.52. The number of carbonyl (C=O) groups excluding carboxylic acids is 1. The molecule has 18 aromatic rings. The summed E-state index contributed by atoms with van der Waals surface area (Å²) in [6.45, 7) is 25.1. The van der Waals surface area contributed by atoms with Crippen molar-refractivity contribution in [2.24, 2.45) is 42.3 Å². The Morgan fingerprint density at radius 3 is 0.958 bits per heavy atom. The van der Waals surface area contributed by atoms with Crippen molar-refractivity contribution in [3.05, 3.63) is 294 Å². The number of hydrogen-bond donors (Lipinski definition) is 0. The molecular formula is C113H118Cl3N15O7S6. The fraction of sp³-hybridized carbons (Fsp3) is 0.319. The SMILES string of the molecule is C=C(OC)c1c(CC)c2c3c(Cl)ccc2n1CCCOc1cc(cc2ccccc12)SCc1cc(nn1C)CSCc1nn(C)c(C)c1-3.C=C(OC)c1c(CC)c2c3c(Cl)ccc2n1CCCOc1cc(cc2ccccc12)SCc1cc(nn1C)CSCc1nn(C)c(C)c1-3.CCc1c(C(=O)OC)n2c3ccc(Cl)c(c13)-c1c(nn(C)c1C)CSCc1cc(n(C)n1)CSc1cc(c3ccccc3c1)OCCC2. The van der Waals surface area contributed by atoms with E-state index in [0.717, 1.165) is 263 Å². The van der Waals surface area contributed by atoms with Crippen molar-refractivity contribution < 1.29 is 33.2 Å². The van der Waals surface area contributed by atoms with Gasteiger partial charge in [0.15, 0.2) is 0 Å². The lowest BCUT2D eigenvalue weighted by Gasteiger charge is -2.15. The second kappa shape index (κ2) is 44.1. The molecular weight excluding hydrogens is 1980 g/mol. The standard InChI is InChI=1S/2C38H40ClN5O2S2.C37H38ClN5O3S2/c2*1-7-29-36-33-14-13-31(39)37(36)35-23(2)42(4)41-32(35)22-47-20-26-18-27(43(5)40-26)21-48-28-17-25-11-8-9-12-30(25)34(19-28)46-16-10-15-44(33)38(29)24(3)45-6;1-6-27-34-31-13-12-29(38)35(34)33-22(2)41(3)40-30(33)21-47-19-24-17-25(42(4)39-24)20-48-26-16-23-10-7-8-11-28(23)32(18-26)46-15-9-14-43(31)36(27)37(44)45-5/h2*8-9,11-14,17-19H,3,7,10,15-16,20-22H2,1-2,4-6H3;7-8,10-13,16-18H,6,9,14-15,19-21H2,1-5H3. The molecule has 3 aliphatic heterocycles. The van der Waals surface area contributed by atoms with Crippen LogP contribution in [0.3, 0.4) is 0 Å². The zero-order valence-electron chi connectivity index (χ0n) is 84.0. The van der Waals surface area contributed by atoms with Gasteiger partial charge in [-0.25, -0.2) is 4.79 Å². The van der Waals surface area contributed by atoms with Gasteiger partial charge in [0.2, 0.25) is 0 Å². The van der Waals surface area contributed by atoms with Gasteiger partial charge in [0, 0.05) is 260 Å². The van der Waals surface area contributed by atoms with Crippen LogP contribution in [0.5, 0.6) is 17.2 Å². The van der Waals surface area contributed by atoms with Crippen LogP contribution in [-0.2, 0) is 147 Å². The summed E-state index contributed by atoms with van der Waals surface area (Å²) in [5.41, 5.74) is 28.1. The van der Waals surface area contributed by atoms with Crippen LogP contribution in [0.25, 0.3) is 110 Å². The third-order valence-corrected chi connectivity index (χ3v) is 34.6. The summed E-state index contributed by atoms with van der Waals surface area (Å²) in [7, 11) is 16.9. The molecule has 0 atom stereocenters. The third-order valence-electron chi connectivity index (χ3n) is 27.7. The van der Waals surface area contributed by atoms with E-state index in [1.165, 1.54) is 55.9 Å². The van der Waals surface area contributed by atoms with Crippen LogP contribution in [0.15, 0.2) is 192 Å². The van der Waals surface area contributed by atoms with Gasteiger partial charge in [0.1, 0.15) is 34.5 Å². The average Bonchev–Trinajstić information content (AvgIpc) is 1.58. The maximum absolute atomic E-state index is 13.5. The molecule has 22 nitrogen and oxygen atoms in total. The van der Waals surface area contributed by atoms with Crippen molar-refractivity contribution >= 4 is 188 Å². The lowest BCUT2D eigenvalue weighted by atomic mass is 9.95. The Labute approximate surface area is 880 Å². The van der Waals surface area contributed by atoms with E-state index >= 15 is 0 Å². The van der Waals surface area contributed by atoms with Crippen molar-refractivity contribution in [1.82, 2.24) is 72.4 Å². The predicted octanol–water partition coefficient (Wildman–Crippen LogP) is 27.9. The van der Waals surface area contributed by atoms with E-state index < -0.39 is 0 Å². The molecule has 12 heterocycles. The van der Waals surface area contributed by atoms with Crippen LogP contribution in [-0.4, -0.2) is 120 Å². The number of aromatic nitrogens is 15. The zero-order chi connectivity index (χ0) is 101. The molecule has 0 aliphatic carbocycles. The summed E-state index contributed by atoms with van der Waals surface area (Å²) in [5.74, 6) is 10.5. The number of hydrogen-bond acceptors (Lipinski definition) is 19. The van der Waals surface area contributed by atoms with E-state index in [2.05, 4.69) is 202 Å². The van der Waals surface area contributed by atoms with E-state index in [1.54, 1.807) is 37.7 Å². The first-order valence-electron chi connectivity index (χ1n) is 48.6. The van der Waals surface area contributed by atoms with Crippen molar-refractivity contribution in [2.45, 2.75) is 166 Å². The first-order chi connectivity index (χ1) is 69.8. The molecule has 0 amide bonds. The Balaban J connectivity index is 0.000000137. The summed E-state index contributed by atoms with van der Waals surface area (Å²) < 4.78 is 55.3. The maximum atomic E-state index is 13.5. The van der Waals surface area contributed by atoms with Gasteiger partial charge in [-0.3, -0.25) is 28.1 Å². The summed E-state index contributed by atoms with van der Waals surface area (Å²) in [4.78, 5) is 17.0. The second-order valence-corrected chi connectivity index (χ2v) is 43.7. The summed E-state index contributed by atoms with van der Waals surface area (Å²) >= 11 is 32.3. The second-order valence-electron chi connectivity index (χ2n) is 36.4. The van der Waals surface area contributed by atoms with Gasteiger partial charge in [-0.15, -0.1) is 70.6 Å². The van der Waals surface area contributed by atoms with E-state index in [4.69, 9.17) is 93.8 Å². The highest BCUT2D eigenvalue weighted by Gasteiger charge is 2.34. The molecule has 24 bridgehead atoms. The molecule has 0 radical (unpaired) electrons. The van der Waals surface area contributed by atoms with Gasteiger partial charge in [0.05, 0.1) is 86.7 Å². The highest BCUT2D eigenvalue weighted by atomic mass is 35.5. The highest BCUT2D eigenvalue weighted by molar-refractivity contribution is 7.99. The molecule has 9 aromatic heterocycles. The number of benzene rings is 9. The van der Waals surface area contributed by atoms with Crippen LogP contribution in [0.2, 0.25) is 15.1 Å². The van der Waals surface area contributed by atoms with Gasteiger partial charge in [0.25, 0.3) is 0 Å². The van der Waals surface area contributed by atoms with Crippen LogP contribution in [0, 0.1) is 20.8 Å². The van der Waals surface area contributed by atoms with Gasteiger partial charge in [-0.05, 0) is 183 Å². The van der Waals surface area contributed by atoms with Crippen LogP contribution < -0.4 is 14.2 Å².